The number of thiazole rings is 1. The van der Waals surface area contributed by atoms with Crippen LogP contribution in [0.2, 0.25) is 0 Å². The van der Waals surface area contributed by atoms with E-state index in [2.05, 4.69) is 20.3 Å². The van der Waals surface area contributed by atoms with Gasteiger partial charge in [0.2, 0.25) is 5.91 Å². The molecule has 0 bridgehead atoms. The van der Waals surface area contributed by atoms with Crippen molar-refractivity contribution in [3.8, 4) is 0 Å². The van der Waals surface area contributed by atoms with Crippen molar-refractivity contribution in [2.24, 2.45) is 0 Å². The molecule has 112 valence electrons. The summed E-state index contributed by atoms with van der Waals surface area (Å²) in [5, 5.41) is 5.70. The summed E-state index contributed by atoms with van der Waals surface area (Å²) < 4.78 is 0. The molecule has 0 saturated carbocycles. The second-order valence-electron chi connectivity index (χ2n) is 4.81. The second-order valence-corrected chi connectivity index (χ2v) is 5.70. The molecular formula is C13H16N4O3S. The first kappa shape index (κ1) is 15.2. The van der Waals surface area contributed by atoms with Gasteiger partial charge in [0.15, 0.2) is 0 Å². The Hall–Kier alpha value is -2.22. The summed E-state index contributed by atoms with van der Waals surface area (Å²) in [5.74, 6) is -0.158. The van der Waals surface area contributed by atoms with Gasteiger partial charge in [-0.15, -0.1) is 11.3 Å². The smallest absolute Gasteiger partial charge is 0.325 e. The fourth-order valence-electron chi connectivity index (χ4n) is 1.76. The molecule has 8 heteroatoms. The van der Waals surface area contributed by atoms with Crippen LogP contribution in [0.3, 0.4) is 0 Å². The lowest BCUT2D eigenvalue weighted by atomic mass is 10.2. The van der Waals surface area contributed by atoms with Crippen molar-refractivity contribution in [3.63, 3.8) is 0 Å². The zero-order valence-electron chi connectivity index (χ0n) is 11.7. The number of rotatable bonds is 5. The number of hydrogen-bond donors (Lipinski definition) is 3. The zero-order chi connectivity index (χ0) is 15.4. The van der Waals surface area contributed by atoms with E-state index in [1.165, 1.54) is 6.20 Å². The Balaban J connectivity index is 1.90. The van der Waals surface area contributed by atoms with Gasteiger partial charge in [0, 0.05) is 35.3 Å². The third kappa shape index (κ3) is 4.12. The molecule has 2 aromatic heterocycles. The molecule has 1 unspecified atom stereocenters. The Morgan fingerprint density at radius 1 is 1.48 bits per heavy atom. The molecule has 1 amide bonds. The molecule has 21 heavy (non-hydrogen) atoms. The van der Waals surface area contributed by atoms with Gasteiger partial charge in [-0.25, -0.2) is 9.78 Å². The number of carbonyl (C=O) groups excluding carboxylic acids is 1. The van der Waals surface area contributed by atoms with Gasteiger partial charge in [0.1, 0.15) is 0 Å². The zero-order valence-corrected chi connectivity index (χ0v) is 12.5. The van der Waals surface area contributed by atoms with E-state index in [4.69, 9.17) is 0 Å². The molecule has 0 spiro atoms. The number of nitrogens with zero attached hydrogens (tertiary/aromatic N) is 1. The Bertz CT molecular complexity index is 746. The quantitative estimate of drug-likeness (QED) is 0.738. The highest BCUT2D eigenvalue weighted by atomic mass is 32.1. The summed E-state index contributed by atoms with van der Waals surface area (Å²) in [4.78, 5) is 43.0. The molecule has 0 fully saturated rings. The third-order valence-corrected chi connectivity index (χ3v) is 4.11. The molecule has 0 radical (unpaired) electrons. The second kappa shape index (κ2) is 6.49. The maximum absolute atomic E-state index is 11.8. The highest BCUT2D eigenvalue weighted by Crippen LogP contribution is 2.18. The number of aromatic amines is 2. The predicted molar refractivity (Wildman–Crippen MR) is 79.7 cm³/mol. The molecule has 0 aliphatic carbocycles. The van der Waals surface area contributed by atoms with E-state index in [-0.39, 0.29) is 23.8 Å². The van der Waals surface area contributed by atoms with Crippen LogP contribution in [-0.4, -0.2) is 27.4 Å². The summed E-state index contributed by atoms with van der Waals surface area (Å²) in [5.41, 5.74) is 0.0622. The van der Waals surface area contributed by atoms with Crippen LogP contribution in [0, 0.1) is 6.92 Å². The number of carbonyl (C=O) groups is 1. The number of aromatic nitrogens is 3. The van der Waals surface area contributed by atoms with E-state index in [1.54, 1.807) is 11.3 Å². The average molecular weight is 308 g/mol. The number of aryl methyl sites for hydroxylation is 1. The van der Waals surface area contributed by atoms with E-state index in [0.29, 0.717) is 6.54 Å². The first-order valence-corrected chi connectivity index (χ1v) is 7.33. The van der Waals surface area contributed by atoms with E-state index < -0.39 is 11.2 Å². The minimum atomic E-state index is -0.586. The maximum atomic E-state index is 11.8. The van der Waals surface area contributed by atoms with Gasteiger partial charge in [-0.3, -0.25) is 14.6 Å². The summed E-state index contributed by atoms with van der Waals surface area (Å²) in [7, 11) is 0. The predicted octanol–water partition coefficient (Wildman–Crippen LogP) is 0.291. The monoisotopic (exact) mass is 308 g/mol. The molecule has 0 aromatic carbocycles. The van der Waals surface area contributed by atoms with Gasteiger partial charge >= 0.3 is 5.69 Å². The van der Waals surface area contributed by atoms with Gasteiger partial charge in [0.25, 0.3) is 5.56 Å². The van der Waals surface area contributed by atoms with Crippen LogP contribution < -0.4 is 16.6 Å². The fraction of sp³-hybridized carbons (Fsp3) is 0.385. The normalized spacial score (nSPS) is 12.1. The third-order valence-electron chi connectivity index (χ3n) is 2.91. The van der Waals surface area contributed by atoms with Gasteiger partial charge < -0.3 is 10.3 Å². The van der Waals surface area contributed by atoms with Crippen LogP contribution in [0.1, 0.15) is 29.1 Å². The van der Waals surface area contributed by atoms with E-state index >= 15 is 0 Å². The molecule has 2 heterocycles. The average Bonchev–Trinajstić information content (AvgIpc) is 2.86. The minimum absolute atomic E-state index is 0.0737. The van der Waals surface area contributed by atoms with Crippen molar-refractivity contribution in [1.29, 1.82) is 0 Å². The Kier molecular flexibility index (Phi) is 4.69. The lowest BCUT2D eigenvalue weighted by Crippen LogP contribution is -2.32. The SMILES string of the molecule is Cc1csc(C(C)CNC(=O)Cc2c[nH]c(=O)[nH]c2=O)n1. The van der Waals surface area contributed by atoms with E-state index in [0.717, 1.165) is 10.7 Å². The summed E-state index contributed by atoms with van der Waals surface area (Å²) in [6, 6.07) is 0. The lowest BCUT2D eigenvalue weighted by Gasteiger charge is -2.09. The van der Waals surface area contributed by atoms with Crippen LogP contribution in [0.5, 0.6) is 0 Å². The lowest BCUT2D eigenvalue weighted by molar-refractivity contribution is -0.120. The molecule has 2 aromatic rings. The van der Waals surface area contributed by atoms with Crippen LogP contribution in [0.4, 0.5) is 0 Å². The molecule has 7 nitrogen and oxygen atoms in total. The van der Waals surface area contributed by atoms with Crippen molar-refractivity contribution in [2.45, 2.75) is 26.2 Å². The standard InChI is InChI=1S/C13H16N4O3S/c1-7(12-16-8(2)6-21-12)4-14-10(18)3-9-5-15-13(20)17-11(9)19/h5-7H,3-4H2,1-2H3,(H,14,18)(H2,15,17,19,20). The van der Waals surface area contributed by atoms with E-state index in [9.17, 15) is 14.4 Å². The molecule has 3 N–H and O–H groups in total. The van der Waals surface area contributed by atoms with Crippen molar-refractivity contribution < 1.29 is 4.79 Å². The first-order chi connectivity index (χ1) is 9.95. The van der Waals surface area contributed by atoms with Crippen LogP contribution in [-0.2, 0) is 11.2 Å². The Morgan fingerprint density at radius 2 is 2.24 bits per heavy atom. The number of nitrogens with one attached hydrogen (secondary N) is 3. The van der Waals surface area contributed by atoms with Gasteiger partial charge in [0.05, 0.1) is 11.4 Å². The number of amides is 1. The van der Waals surface area contributed by atoms with Gasteiger partial charge in [-0.2, -0.15) is 0 Å². The molecular weight excluding hydrogens is 292 g/mol. The van der Waals surface area contributed by atoms with Gasteiger partial charge in [-0.1, -0.05) is 6.92 Å². The minimum Gasteiger partial charge on any atom is -0.355 e. The maximum Gasteiger partial charge on any atom is 0.325 e. The molecule has 0 saturated heterocycles. The molecule has 0 aliphatic heterocycles. The van der Waals surface area contributed by atoms with Crippen molar-refractivity contribution in [2.75, 3.05) is 6.54 Å². The number of H-pyrrole nitrogens is 2. The topological polar surface area (TPSA) is 108 Å². The molecule has 2 rings (SSSR count). The van der Waals surface area contributed by atoms with Crippen molar-refractivity contribution >= 4 is 17.2 Å². The molecule has 1 atom stereocenters. The Morgan fingerprint density at radius 3 is 2.86 bits per heavy atom. The summed E-state index contributed by atoms with van der Waals surface area (Å²) >= 11 is 1.56. The summed E-state index contributed by atoms with van der Waals surface area (Å²) in [6.45, 7) is 4.35. The fourth-order valence-corrected chi connectivity index (χ4v) is 2.61. The highest BCUT2D eigenvalue weighted by molar-refractivity contribution is 7.09. The Labute approximate surface area is 124 Å². The van der Waals surface area contributed by atoms with Crippen LogP contribution >= 0.6 is 11.3 Å². The van der Waals surface area contributed by atoms with E-state index in [1.807, 2.05) is 19.2 Å². The van der Waals surface area contributed by atoms with Crippen molar-refractivity contribution in [3.05, 3.63) is 48.7 Å². The summed E-state index contributed by atoms with van der Waals surface area (Å²) in [6.07, 6.45) is 1.18. The number of hydrogen-bond acceptors (Lipinski definition) is 5. The largest absolute Gasteiger partial charge is 0.355 e. The highest BCUT2D eigenvalue weighted by Gasteiger charge is 2.12. The van der Waals surface area contributed by atoms with Crippen LogP contribution in [0.25, 0.3) is 0 Å². The van der Waals surface area contributed by atoms with Gasteiger partial charge in [-0.05, 0) is 6.92 Å². The van der Waals surface area contributed by atoms with Crippen molar-refractivity contribution in [1.82, 2.24) is 20.3 Å². The molecule has 0 aliphatic rings. The first-order valence-electron chi connectivity index (χ1n) is 6.45. The van der Waals surface area contributed by atoms with Crippen LogP contribution in [0.15, 0.2) is 21.2 Å².